The Hall–Kier alpha value is 0.0722. The summed E-state index contributed by atoms with van der Waals surface area (Å²) in [5.74, 6) is 0. The van der Waals surface area contributed by atoms with Crippen LogP contribution in [0.5, 0.6) is 0 Å². The van der Waals surface area contributed by atoms with Gasteiger partial charge in [0.25, 0.3) is 0 Å². The Labute approximate surface area is 192 Å². The van der Waals surface area contributed by atoms with E-state index in [0.29, 0.717) is 15.8 Å². The maximum Gasteiger partial charge on any atom is 2.00 e. The Morgan fingerprint density at radius 1 is 0.600 bits per heavy atom. The van der Waals surface area contributed by atoms with Gasteiger partial charge in [-0.15, -0.1) is 15.8 Å². The molecule has 0 radical (unpaired) electrons. The fourth-order valence-corrected chi connectivity index (χ4v) is 5.22. The van der Waals surface area contributed by atoms with Crippen molar-refractivity contribution < 1.29 is 54.9 Å². The third-order valence-electron chi connectivity index (χ3n) is 2.74. The molecule has 0 aromatic carbocycles. The number of nitriles is 2. The van der Waals surface area contributed by atoms with E-state index in [1.807, 2.05) is 0 Å². The zero-order chi connectivity index (χ0) is 24.5. The number of halogens is 8. The van der Waals surface area contributed by atoms with Gasteiger partial charge in [-0.1, -0.05) is 27.7 Å². The Bertz CT molecular complexity index is 350. The summed E-state index contributed by atoms with van der Waals surface area (Å²) in [6.07, 6.45) is 10.4. The molecule has 30 heavy (non-hydrogen) atoms. The van der Waals surface area contributed by atoms with Crippen LogP contribution in [0.25, 0.3) is 0 Å². The van der Waals surface area contributed by atoms with Gasteiger partial charge in [-0.2, -0.15) is 10.5 Å². The zero-order valence-electron chi connectivity index (χ0n) is 18.2. The normalized spacial score (nSPS) is 9.53. The van der Waals surface area contributed by atoms with Crippen LogP contribution in [0.1, 0.15) is 48.0 Å². The molecule has 0 N–H and O–H groups in total. The van der Waals surface area contributed by atoms with E-state index >= 15 is 0 Å². The van der Waals surface area contributed by atoms with E-state index in [-0.39, 0.29) is 20.4 Å². The minimum Gasteiger partial charge on any atom is -0.418 e. The van der Waals surface area contributed by atoms with Gasteiger partial charge in [-0.3, -0.25) is 0 Å². The summed E-state index contributed by atoms with van der Waals surface area (Å²) in [5.41, 5.74) is 0. The molecule has 0 aliphatic carbocycles. The van der Waals surface area contributed by atoms with Crippen molar-refractivity contribution in [3.05, 3.63) is 0 Å². The predicted octanol–water partition coefficient (Wildman–Crippen LogP) is 8.08. The maximum atomic E-state index is 9.75. The van der Waals surface area contributed by atoms with Crippen LogP contribution in [0.4, 0.5) is 34.5 Å². The SMILES string of the molecule is CC#N.CC#N.CCP(CC)CCCP(CC)CC.F[B-](F)(F)F.F[B-](F)(F)F.[Pd+2]. The topological polar surface area (TPSA) is 47.6 Å². The van der Waals surface area contributed by atoms with E-state index in [9.17, 15) is 34.5 Å². The summed E-state index contributed by atoms with van der Waals surface area (Å²) in [4.78, 5) is 0. The average Bonchev–Trinajstić information content (AvgIpc) is 2.54. The Morgan fingerprint density at radius 2 is 0.733 bits per heavy atom. The van der Waals surface area contributed by atoms with E-state index in [1.165, 1.54) is 44.9 Å². The third-order valence-corrected chi connectivity index (χ3v) is 8.21. The van der Waals surface area contributed by atoms with E-state index < -0.39 is 14.5 Å². The summed E-state index contributed by atoms with van der Waals surface area (Å²) >= 11 is 0. The van der Waals surface area contributed by atoms with Gasteiger partial charge in [0.15, 0.2) is 0 Å². The molecular formula is C15H32B2F8N2P2Pd. The fraction of sp³-hybridized carbons (Fsp3) is 0.867. The summed E-state index contributed by atoms with van der Waals surface area (Å²) in [6.45, 7) is 12.3. The summed E-state index contributed by atoms with van der Waals surface area (Å²) in [7, 11) is -11.2. The number of hydrogen-bond acceptors (Lipinski definition) is 2. The van der Waals surface area contributed by atoms with Crippen LogP contribution in [0, 0.1) is 22.7 Å². The molecule has 0 heterocycles. The number of hydrogen-bond donors (Lipinski definition) is 0. The van der Waals surface area contributed by atoms with E-state index in [4.69, 9.17) is 10.5 Å². The molecule has 0 fully saturated rings. The molecule has 0 amide bonds. The van der Waals surface area contributed by atoms with Crippen molar-refractivity contribution >= 4 is 30.4 Å². The second-order valence-corrected chi connectivity index (χ2v) is 11.0. The molecule has 0 aromatic heterocycles. The van der Waals surface area contributed by atoms with Crippen molar-refractivity contribution in [2.24, 2.45) is 0 Å². The molecule has 0 aliphatic rings. The van der Waals surface area contributed by atoms with Crippen molar-refractivity contribution in [1.29, 1.82) is 10.5 Å². The largest absolute Gasteiger partial charge is 2.00 e. The first kappa shape index (κ1) is 43.9. The Kier molecular flexibility index (Phi) is 45.7. The van der Waals surface area contributed by atoms with Gasteiger partial charge in [0.1, 0.15) is 0 Å². The van der Waals surface area contributed by atoms with E-state index in [0.717, 1.165) is 0 Å². The number of rotatable bonds is 8. The van der Waals surface area contributed by atoms with Gasteiger partial charge < -0.3 is 34.5 Å². The van der Waals surface area contributed by atoms with Crippen molar-refractivity contribution in [2.75, 3.05) is 37.0 Å². The Balaban J connectivity index is -0.0000000704. The molecule has 0 spiro atoms. The second-order valence-electron chi connectivity index (χ2n) is 4.84. The molecule has 0 bridgehead atoms. The smallest absolute Gasteiger partial charge is 0.418 e. The minimum atomic E-state index is -6.00. The zero-order valence-corrected chi connectivity index (χ0v) is 21.6. The number of nitrogens with zero attached hydrogens (tertiary/aromatic N) is 2. The molecule has 0 saturated carbocycles. The standard InChI is InChI=1S/C11H26P2.2C2H3N.2BF4.Pd/c1-5-12(6-2)10-9-11-13(7-3)8-4;2*1-2-3;2*2-1(3,4)5;/h5-11H2,1-4H3;2*1H3;;;/q;;;2*-1;+2. The molecule has 15 heteroatoms. The van der Waals surface area contributed by atoms with Crippen molar-refractivity contribution in [3.8, 4) is 12.1 Å². The molecule has 184 valence electrons. The van der Waals surface area contributed by atoms with Gasteiger partial charge in [-0.25, -0.2) is 0 Å². The average molecular weight is 582 g/mol. The van der Waals surface area contributed by atoms with Gasteiger partial charge in [0, 0.05) is 13.8 Å². The first-order valence-electron chi connectivity index (χ1n) is 8.92. The molecule has 0 rings (SSSR count). The van der Waals surface area contributed by atoms with Gasteiger partial charge in [0.05, 0.1) is 12.1 Å². The van der Waals surface area contributed by atoms with Crippen molar-refractivity contribution in [2.45, 2.75) is 48.0 Å². The molecule has 2 nitrogen and oxygen atoms in total. The molecule has 0 aromatic rings. The van der Waals surface area contributed by atoms with Crippen LogP contribution in [0.3, 0.4) is 0 Å². The maximum absolute atomic E-state index is 9.75. The monoisotopic (exact) mass is 582 g/mol. The van der Waals surface area contributed by atoms with Crippen LogP contribution in [0.15, 0.2) is 0 Å². The first-order valence-corrected chi connectivity index (χ1v) is 12.7. The summed E-state index contributed by atoms with van der Waals surface area (Å²) in [5, 5.41) is 14.6. The van der Waals surface area contributed by atoms with E-state index in [2.05, 4.69) is 27.7 Å². The molecule has 0 atom stereocenters. The molecule has 0 saturated heterocycles. The molecular weight excluding hydrogens is 550 g/mol. The summed E-state index contributed by atoms with van der Waals surface area (Å²) < 4.78 is 78.0. The quantitative estimate of drug-likeness (QED) is 0.165. The van der Waals surface area contributed by atoms with Gasteiger partial charge >= 0.3 is 34.9 Å². The van der Waals surface area contributed by atoms with Crippen LogP contribution in [-0.2, 0) is 20.4 Å². The third kappa shape index (κ3) is 104. The van der Waals surface area contributed by atoms with Crippen LogP contribution < -0.4 is 0 Å². The van der Waals surface area contributed by atoms with Crippen LogP contribution in [-0.4, -0.2) is 51.5 Å². The fourth-order valence-electron chi connectivity index (χ4n) is 1.60. The van der Waals surface area contributed by atoms with E-state index in [1.54, 1.807) is 24.5 Å². The van der Waals surface area contributed by atoms with Crippen LogP contribution in [0.2, 0.25) is 0 Å². The molecule has 0 unspecified atom stereocenters. The van der Waals surface area contributed by atoms with Crippen molar-refractivity contribution in [1.82, 2.24) is 0 Å². The Morgan fingerprint density at radius 3 is 0.833 bits per heavy atom. The second kappa shape index (κ2) is 31.3. The van der Waals surface area contributed by atoms with Gasteiger partial charge in [0.2, 0.25) is 0 Å². The molecule has 0 aliphatic heterocycles. The summed E-state index contributed by atoms with van der Waals surface area (Å²) in [6, 6.07) is 3.50. The minimum absolute atomic E-state index is 0. The first-order chi connectivity index (χ1) is 13.1. The van der Waals surface area contributed by atoms with Crippen molar-refractivity contribution in [3.63, 3.8) is 0 Å². The van der Waals surface area contributed by atoms with Crippen LogP contribution >= 0.6 is 15.8 Å². The van der Waals surface area contributed by atoms with Gasteiger partial charge in [-0.05, 0) is 43.4 Å². The predicted molar refractivity (Wildman–Crippen MR) is 113 cm³/mol.